The standard InChI is InChI=1S/C19H19BrN2O2S/c1-24-19(23)17-8-6-12(25-17)10-21-16-4-2-3-13-14-9-11(20)5-7-15(14)22-18(13)16/h5-9,16,21-22H,2-4,10H2,1H3. The van der Waals surface area contributed by atoms with E-state index in [9.17, 15) is 4.79 Å². The Balaban J connectivity index is 1.54. The zero-order valence-electron chi connectivity index (χ0n) is 13.9. The minimum atomic E-state index is -0.266. The zero-order valence-corrected chi connectivity index (χ0v) is 16.3. The topological polar surface area (TPSA) is 54.1 Å². The highest BCUT2D eigenvalue weighted by Crippen LogP contribution is 2.36. The van der Waals surface area contributed by atoms with E-state index < -0.39 is 0 Å². The van der Waals surface area contributed by atoms with Gasteiger partial charge in [0.25, 0.3) is 0 Å². The normalized spacial score (nSPS) is 16.8. The van der Waals surface area contributed by atoms with Crippen LogP contribution >= 0.6 is 27.3 Å². The van der Waals surface area contributed by atoms with Crippen molar-refractivity contribution in [1.82, 2.24) is 10.3 Å². The maximum Gasteiger partial charge on any atom is 0.348 e. The Morgan fingerprint density at radius 1 is 1.40 bits per heavy atom. The molecule has 6 heteroatoms. The highest BCUT2D eigenvalue weighted by molar-refractivity contribution is 9.10. The maximum absolute atomic E-state index is 11.6. The van der Waals surface area contributed by atoms with Gasteiger partial charge < -0.3 is 15.0 Å². The Hall–Kier alpha value is -1.63. The quantitative estimate of drug-likeness (QED) is 0.589. The van der Waals surface area contributed by atoms with Gasteiger partial charge in [0.15, 0.2) is 0 Å². The molecule has 1 aliphatic rings. The Morgan fingerprint density at radius 2 is 2.28 bits per heavy atom. The zero-order chi connectivity index (χ0) is 17.4. The van der Waals surface area contributed by atoms with Gasteiger partial charge in [-0.15, -0.1) is 11.3 Å². The minimum Gasteiger partial charge on any atom is -0.465 e. The van der Waals surface area contributed by atoms with E-state index in [1.165, 1.54) is 47.0 Å². The number of aryl methyl sites for hydroxylation is 1. The van der Waals surface area contributed by atoms with E-state index in [0.29, 0.717) is 10.9 Å². The van der Waals surface area contributed by atoms with Gasteiger partial charge in [0.2, 0.25) is 0 Å². The average molecular weight is 419 g/mol. The summed E-state index contributed by atoms with van der Waals surface area (Å²) in [5.74, 6) is -0.266. The van der Waals surface area contributed by atoms with Gasteiger partial charge in [-0.2, -0.15) is 0 Å². The van der Waals surface area contributed by atoms with Gasteiger partial charge in [-0.1, -0.05) is 15.9 Å². The number of aromatic nitrogens is 1. The molecule has 2 aromatic heterocycles. The van der Waals surface area contributed by atoms with Gasteiger partial charge in [0.1, 0.15) is 4.88 Å². The second-order valence-electron chi connectivity index (χ2n) is 6.29. The Labute approximate surface area is 158 Å². The molecule has 0 fully saturated rings. The number of H-pyrrole nitrogens is 1. The van der Waals surface area contributed by atoms with Gasteiger partial charge in [-0.25, -0.2) is 4.79 Å². The molecule has 0 saturated carbocycles. The van der Waals surface area contributed by atoms with Crippen molar-refractivity contribution in [3.8, 4) is 0 Å². The molecule has 130 valence electrons. The Morgan fingerprint density at radius 3 is 3.12 bits per heavy atom. The van der Waals surface area contributed by atoms with Gasteiger partial charge in [-0.3, -0.25) is 0 Å². The van der Waals surface area contributed by atoms with Crippen molar-refractivity contribution >= 4 is 44.1 Å². The van der Waals surface area contributed by atoms with Crippen molar-refractivity contribution < 1.29 is 9.53 Å². The summed E-state index contributed by atoms with van der Waals surface area (Å²) in [6.45, 7) is 0.755. The molecule has 2 N–H and O–H groups in total. The van der Waals surface area contributed by atoms with E-state index in [0.717, 1.165) is 28.7 Å². The second-order valence-corrected chi connectivity index (χ2v) is 8.37. The van der Waals surface area contributed by atoms with E-state index >= 15 is 0 Å². The molecule has 0 aliphatic heterocycles. The number of hydrogen-bond acceptors (Lipinski definition) is 4. The lowest BCUT2D eigenvalue weighted by Gasteiger charge is -2.23. The van der Waals surface area contributed by atoms with Crippen LogP contribution in [0.1, 0.15) is 44.7 Å². The summed E-state index contributed by atoms with van der Waals surface area (Å²) in [4.78, 5) is 17.0. The van der Waals surface area contributed by atoms with Crippen LogP contribution in [-0.2, 0) is 17.7 Å². The van der Waals surface area contributed by atoms with Gasteiger partial charge in [-0.05, 0) is 55.2 Å². The molecule has 2 heterocycles. The lowest BCUT2D eigenvalue weighted by Crippen LogP contribution is -2.24. The number of carbonyl (C=O) groups is 1. The molecular weight excluding hydrogens is 400 g/mol. The number of fused-ring (bicyclic) bond motifs is 3. The number of nitrogens with one attached hydrogen (secondary N) is 2. The van der Waals surface area contributed by atoms with Crippen LogP contribution in [0.5, 0.6) is 0 Å². The molecule has 25 heavy (non-hydrogen) atoms. The predicted molar refractivity (Wildman–Crippen MR) is 104 cm³/mol. The number of ether oxygens (including phenoxy) is 1. The van der Waals surface area contributed by atoms with Crippen LogP contribution in [-0.4, -0.2) is 18.1 Å². The number of hydrogen-bond donors (Lipinski definition) is 2. The first kappa shape index (κ1) is 16.8. The van der Waals surface area contributed by atoms with Crippen molar-refractivity contribution in [2.24, 2.45) is 0 Å². The summed E-state index contributed by atoms with van der Waals surface area (Å²) in [7, 11) is 1.41. The smallest absolute Gasteiger partial charge is 0.348 e. The van der Waals surface area contributed by atoms with E-state index in [-0.39, 0.29) is 5.97 Å². The van der Waals surface area contributed by atoms with Crippen LogP contribution in [0.4, 0.5) is 0 Å². The van der Waals surface area contributed by atoms with Crippen molar-refractivity contribution in [3.05, 3.63) is 55.8 Å². The Bertz CT molecular complexity index is 931. The van der Waals surface area contributed by atoms with Gasteiger partial charge >= 0.3 is 5.97 Å². The van der Waals surface area contributed by atoms with E-state index in [1.807, 2.05) is 12.1 Å². The lowest BCUT2D eigenvalue weighted by atomic mass is 9.91. The summed E-state index contributed by atoms with van der Waals surface area (Å²) in [6.07, 6.45) is 3.42. The first-order valence-corrected chi connectivity index (χ1v) is 9.97. The molecule has 0 saturated heterocycles. The molecule has 1 unspecified atom stereocenters. The number of thiophene rings is 1. The number of aromatic amines is 1. The highest BCUT2D eigenvalue weighted by atomic mass is 79.9. The van der Waals surface area contributed by atoms with Crippen LogP contribution in [0.25, 0.3) is 10.9 Å². The maximum atomic E-state index is 11.6. The number of halogens is 1. The minimum absolute atomic E-state index is 0.266. The number of carbonyl (C=O) groups excluding carboxylic acids is 1. The number of methoxy groups -OCH3 is 1. The third-order valence-electron chi connectivity index (χ3n) is 4.74. The van der Waals surface area contributed by atoms with Crippen LogP contribution in [0, 0.1) is 0 Å². The van der Waals surface area contributed by atoms with Crippen LogP contribution < -0.4 is 5.32 Å². The third kappa shape index (κ3) is 3.26. The summed E-state index contributed by atoms with van der Waals surface area (Å²) in [5.41, 5.74) is 3.94. The summed E-state index contributed by atoms with van der Waals surface area (Å²) in [5, 5.41) is 4.97. The first-order valence-electron chi connectivity index (χ1n) is 8.36. The molecule has 0 bridgehead atoms. The van der Waals surface area contributed by atoms with E-state index in [4.69, 9.17) is 4.74 Å². The summed E-state index contributed by atoms with van der Waals surface area (Å²) < 4.78 is 5.89. The highest BCUT2D eigenvalue weighted by Gasteiger charge is 2.24. The van der Waals surface area contributed by atoms with Crippen molar-refractivity contribution in [2.75, 3.05) is 7.11 Å². The first-order chi connectivity index (χ1) is 12.2. The van der Waals surface area contributed by atoms with Gasteiger partial charge in [0, 0.05) is 38.5 Å². The van der Waals surface area contributed by atoms with E-state index in [1.54, 1.807) is 0 Å². The molecule has 4 nitrogen and oxygen atoms in total. The molecule has 4 rings (SSSR count). The van der Waals surface area contributed by atoms with E-state index in [2.05, 4.69) is 44.4 Å². The van der Waals surface area contributed by atoms with Crippen molar-refractivity contribution in [3.63, 3.8) is 0 Å². The molecule has 3 aromatic rings. The molecule has 1 atom stereocenters. The predicted octanol–water partition coefficient (Wildman–Crippen LogP) is 4.95. The number of rotatable bonds is 4. The largest absolute Gasteiger partial charge is 0.465 e. The average Bonchev–Trinajstić information content (AvgIpc) is 3.24. The number of benzene rings is 1. The molecular formula is C19H19BrN2O2S. The molecule has 1 aromatic carbocycles. The molecule has 0 amide bonds. The van der Waals surface area contributed by atoms with Crippen LogP contribution in [0.15, 0.2) is 34.8 Å². The molecule has 0 spiro atoms. The Kier molecular flexibility index (Phi) is 4.67. The fourth-order valence-electron chi connectivity index (χ4n) is 3.55. The fraction of sp³-hybridized carbons (Fsp3) is 0.316. The van der Waals surface area contributed by atoms with Crippen molar-refractivity contribution in [1.29, 1.82) is 0 Å². The fourth-order valence-corrected chi connectivity index (χ4v) is 4.78. The van der Waals surface area contributed by atoms with Crippen LogP contribution in [0.3, 0.4) is 0 Å². The van der Waals surface area contributed by atoms with Crippen molar-refractivity contribution in [2.45, 2.75) is 31.8 Å². The molecule has 0 radical (unpaired) electrons. The second kappa shape index (κ2) is 6.94. The monoisotopic (exact) mass is 418 g/mol. The van der Waals surface area contributed by atoms with Gasteiger partial charge in [0.05, 0.1) is 7.11 Å². The molecule has 1 aliphatic carbocycles. The number of esters is 1. The van der Waals surface area contributed by atoms with Crippen LogP contribution in [0.2, 0.25) is 0 Å². The summed E-state index contributed by atoms with van der Waals surface area (Å²) in [6, 6.07) is 10.6. The summed E-state index contributed by atoms with van der Waals surface area (Å²) >= 11 is 5.06. The lowest BCUT2D eigenvalue weighted by molar-refractivity contribution is 0.0606. The SMILES string of the molecule is COC(=O)c1ccc(CNC2CCCc3c2[nH]c2ccc(Br)cc32)s1. The third-order valence-corrected chi connectivity index (χ3v) is 6.30.